The molecule has 3 heterocycles. The van der Waals surface area contributed by atoms with Crippen molar-refractivity contribution in [1.82, 2.24) is 20.1 Å². The smallest absolute Gasteiger partial charge is 0.252 e. The van der Waals surface area contributed by atoms with Gasteiger partial charge in [0.05, 0.1) is 30.0 Å². The first-order valence-corrected chi connectivity index (χ1v) is 7.81. The number of nitrogens with one attached hydrogen (secondary N) is 1. The van der Waals surface area contributed by atoms with Gasteiger partial charge < -0.3 is 14.8 Å². The van der Waals surface area contributed by atoms with Crippen LogP contribution < -0.4 is 5.32 Å². The molecule has 126 valence electrons. The van der Waals surface area contributed by atoms with Crippen LogP contribution in [0.5, 0.6) is 0 Å². The third kappa shape index (κ3) is 2.90. The molecule has 0 bridgehead atoms. The van der Waals surface area contributed by atoms with Crippen molar-refractivity contribution < 1.29 is 14.3 Å². The summed E-state index contributed by atoms with van der Waals surface area (Å²) in [4.78, 5) is 17.2. The van der Waals surface area contributed by atoms with Gasteiger partial charge in [-0.1, -0.05) is 0 Å². The molecular weight excluding hydrogens is 308 g/mol. The number of rotatable bonds is 5. The van der Waals surface area contributed by atoms with E-state index >= 15 is 0 Å². The first-order valence-electron chi connectivity index (χ1n) is 7.81. The quantitative estimate of drug-likeness (QED) is 0.750. The van der Waals surface area contributed by atoms with Crippen LogP contribution in [0.25, 0.3) is 11.0 Å². The molecule has 0 saturated heterocycles. The molecule has 0 aliphatic carbocycles. The standard InChI is InChI=1S/C17H20N4O3/c1-10(2)21-16-13(8-18-21)12(7-11(3)19-16)17(23)20-14(9-22)15-5-4-6-24-15/h4-8,10,14,22H,9H2,1-3H3,(H,20,23). The highest BCUT2D eigenvalue weighted by Gasteiger charge is 2.21. The van der Waals surface area contributed by atoms with Crippen molar-refractivity contribution in [2.75, 3.05) is 6.61 Å². The molecule has 0 spiro atoms. The van der Waals surface area contributed by atoms with Crippen LogP contribution in [0, 0.1) is 6.92 Å². The Morgan fingerprint density at radius 1 is 1.46 bits per heavy atom. The number of nitrogens with zero attached hydrogens (tertiary/aromatic N) is 3. The summed E-state index contributed by atoms with van der Waals surface area (Å²) < 4.78 is 7.05. The minimum atomic E-state index is -0.601. The van der Waals surface area contributed by atoms with Crippen LogP contribution >= 0.6 is 0 Å². The lowest BCUT2D eigenvalue weighted by Crippen LogP contribution is -2.30. The Kier molecular flexibility index (Phi) is 4.35. The number of carbonyl (C=O) groups is 1. The molecular formula is C17H20N4O3. The number of aromatic nitrogens is 3. The second kappa shape index (κ2) is 6.45. The monoisotopic (exact) mass is 328 g/mol. The van der Waals surface area contributed by atoms with E-state index in [2.05, 4.69) is 15.4 Å². The molecule has 0 aliphatic rings. The second-order valence-corrected chi connectivity index (χ2v) is 5.96. The average Bonchev–Trinajstić information content (AvgIpc) is 3.20. The van der Waals surface area contributed by atoms with Gasteiger partial charge in [0.15, 0.2) is 5.65 Å². The van der Waals surface area contributed by atoms with Gasteiger partial charge in [0.25, 0.3) is 5.91 Å². The predicted octanol–water partition coefficient (Wildman–Crippen LogP) is 2.38. The molecule has 3 aromatic rings. The van der Waals surface area contributed by atoms with Crippen molar-refractivity contribution in [3.05, 3.63) is 47.7 Å². The summed E-state index contributed by atoms with van der Waals surface area (Å²) in [6.45, 7) is 5.60. The van der Waals surface area contributed by atoms with Crippen LogP contribution in [0.1, 0.15) is 47.7 Å². The topological polar surface area (TPSA) is 93.2 Å². The van der Waals surface area contributed by atoms with Crippen LogP contribution in [-0.4, -0.2) is 32.4 Å². The predicted molar refractivity (Wildman–Crippen MR) is 88.7 cm³/mol. The zero-order valence-corrected chi connectivity index (χ0v) is 13.9. The minimum Gasteiger partial charge on any atom is -0.467 e. The van der Waals surface area contributed by atoms with Crippen molar-refractivity contribution in [2.45, 2.75) is 32.9 Å². The molecule has 7 nitrogen and oxygen atoms in total. The van der Waals surface area contributed by atoms with Crippen molar-refractivity contribution >= 4 is 16.9 Å². The van der Waals surface area contributed by atoms with E-state index in [0.717, 1.165) is 5.69 Å². The van der Waals surface area contributed by atoms with Gasteiger partial charge >= 0.3 is 0 Å². The van der Waals surface area contributed by atoms with Gasteiger partial charge in [0, 0.05) is 11.7 Å². The Bertz CT molecular complexity index is 852. The maximum absolute atomic E-state index is 12.7. The number of pyridine rings is 1. The van der Waals surface area contributed by atoms with Crippen LogP contribution in [0.2, 0.25) is 0 Å². The van der Waals surface area contributed by atoms with E-state index in [1.54, 1.807) is 29.1 Å². The summed E-state index contributed by atoms with van der Waals surface area (Å²) >= 11 is 0. The van der Waals surface area contributed by atoms with E-state index in [9.17, 15) is 9.90 Å². The van der Waals surface area contributed by atoms with Crippen LogP contribution in [0.15, 0.2) is 35.1 Å². The molecule has 0 radical (unpaired) electrons. The molecule has 1 unspecified atom stereocenters. The highest BCUT2D eigenvalue weighted by Crippen LogP contribution is 2.22. The molecule has 0 aliphatic heterocycles. The third-order valence-electron chi connectivity index (χ3n) is 3.80. The summed E-state index contributed by atoms with van der Waals surface area (Å²) in [5, 5.41) is 17.3. The molecule has 0 saturated carbocycles. The molecule has 2 N–H and O–H groups in total. The van der Waals surface area contributed by atoms with Crippen molar-refractivity contribution in [3.8, 4) is 0 Å². The summed E-state index contributed by atoms with van der Waals surface area (Å²) in [6, 6.07) is 4.69. The van der Waals surface area contributed by atoms with Crippen molar-refractivity contribution in [2.24, 2.45) is 0 Å². The van der Waals surface area contributed by atoms with Gasteiger partial charge in [0.1, 0.15) is 11.8 Å². The average molecular weight is 328 g/mol. The van der Waals surface area contributed by atoms with E-state index in [0.29, 0.717) is 22.4 Å². The van der Waals surface area contributed by atoms with Crippen LogP contribution in [0.3, 0.4) is 0 Å². The van der Waals surface area contributed by atoms with Crippen LogP contribution in [-0.2, 0) is 0 Å². The number of aliphatic hydroxyl groups excluding tert-OH is 1. The fourth-order valence-corrected chi connectivity index (χ4v) is 2.64. The number of aliphatic hydroxyl groups is 1. The molecule has 7 heteroatoms. The van der Waals surface area contributed by atoms with Gasteiger partial charge in [-0.25, -0.2) is 9.67 Å². The number of fused-ring (bicyclic) bond motifs is 1. The van der Waals surface area contributed by atoms with Gasteiger partial charge in [-0.15, -0.1) is 0 Å². The number of hydrogen-bond donors (Lipinski definition) is 2. The van der Waals surface area contributed by atoms with E-state index in [1.165, 1.54) is 6.26 Å². The lowest BCUT2D eigenvalue weighted by atomic mass is 10.1. The number of furan rings is 1. The zero-order chi connectivity index (χ0) is 17.3. The highest BCUT2D eigenvalue weighted by atomic mass is 16.3. The van der Waals surface area contributed by atoms with Gasteiger partial charge in [0.2, 0.25) is 0 Å². The second-order valence-electron chi connectivity index (χ2n) is 5.96. The third-order valence-corrected chi connectivity index (χ3v) is 3.80. The lowest BCUT2D eigenvalue weighted by molar-refractivity contribution is 0.0909. The maximum Gasteiger partial charge on any atom is 0.252 e. The summed E-state index contributed by atoms with van der Waals surface area (Å²) in [7, 11) is 0. The Balaban J connectivity index is 1.98. The fourth-order valence-electron chi connectivity index (χ4n) is 2.64. The summed E-state index contributed by atoms with van der Waals surface area (Å²) in [6.07, 6.45) is 3.16. The molecule has 1 amide bonds. The normalized spacial score (nSPS) is 12.7. The van der Waals surface area contributed by atoms with Crippen LogP contribution in [0.4, 0.5) is 0 Å². The Morgan fingerprint density at radius 2 is 2.25 bits per heavy atom. The van der Waals surface area contributed by atoms with Gasteiger partial charge in [-0.05, 0) is 39.0 Å². The minimum absolute atomic E-state index is 0.140. The van der Waals surface area contributed by atoms with E-state index < -0.39 is 6.04 Å². The Hall–Kier alpha value is -2.67. The van der Waals surface area contributed by atoms with E-state index in [1.807, 2.05) is 20.8 Å². The van der Waals surface area contributed by atoms with Crippen molar-refractivity contribution in [1.29, 1.82) is 0 Å². The number of amides is 1. The first-order chi connectivity index (χ1) is 11.5. The van der Waals surface area contributed by atoms with E-state index in [-0.39, 0.29) is 18.6 Å². The lowest BCUT2D eigenvalue weighted by Gasteiger charge is -2.15. The molecule has 3 rings (SSSR count). The van der Waals surface area contributed by atoms with Gasteiger partial charge in [-0.3, -0.25) is 4.79 Å². The summed E-state index contributed by atoms with van der Waals surface area (Å²) in [5.41, 5.74) is 1.89. The number of carbonyl (C=O) groups excluding carboxylic acids is 1. The Labute approximate surface area is 139 Å². The molecule has 24 heavy (non-hydrogen) atoms. The molecule has 0 fully saturated rings. The fraction of sp³-hybridized carbons (Fsp3) is 0.353. The highest BCUT2D eigenvalue weighted by molar-refractivity contribution is 6.05. The summed E-state index contributed by atoms with van der Waals surface area (Å²) in [5.74, 6) is 0.204. The molecule has 1 atom stereocenters. The zero-order valence-electron chi connectivity index (χ0n) is 13.9. The first kappa shape index (κ1) is 16.2. The number of aryl methyl sites for hydroxylation is 1. The SMILES string of the molecule is Cc1cc(C(=O)NC(CO)c2ccco2)c2cnn(C(C)C)c2n1. The van der Waals surface area contributed by atoms with Crippen molar-refractivity contribution in [3.63, 3.8) is 0 Å². The number of hydrogen-bond acceptors (Lipinski definition) is 5. The molecule has 3 aromatic heterocycles. The Morgan fingerprint density at radius 3 is 2.88 bits per heavy atom. The maximum atomic E-state index is 12.7. The van der Waals surface area contributed by atoms with E-state index in [4.69, 9.17) is 4.42 Å². The molecule has 0 aromatic carbocycles. The van der Waals surface area contributed by atoms with Gasteiger partial charge in [-0.2, -0.15) is 5.10 Å². The largest absolute Gasteiger partial charge is 0.467 e.